The number of anilines is 1. The summed E-state index contributed by atoms with van der Waals surface area (Å²) in [6, 6.07) is 6.08. The Morgan fingerprint density at radius 3 is 2.65 bits per heavy atom. The molecule has 0 aromatic heterocycles. The molecule has 120 valence electrons. The summed E-state index contributed by atoms with van der Waals surface area (Å²) in [6.45, 7) is 0. The number of aromatic nitrogens is 4. The highest BCUT2D eigenvalue weighted by atomic mass is 32.2. The Bertz CT molecular complexity index is 992. The number of rotatable bonds is 4. The van der Waals surface area contributed by atoms with Gasteiger partial charge in [0.1, 0.15) is 11.4 Å². The lowest BCUT2D eigenvalue weighted by atomic mass is 10.1. The molecule has 2 aliphatic rings. The van der Waals surface area contributed by atoms with Gasteiger partial charge in [0.25, 0.3) is 5.56 Å². The summed E-state index contributed by atoms with van der Waals surface area (Å²) in [5.74, 6) is 1.19. The van der Waals surface area contributed by atoms with Gasteiger partial charge in [0.15, 0.2) is 11.6 Å². The summed E-state index contributed by atoms with van der Waals surface area (Å²) >= 11 is 0. The van der Waals surface area contributed by atoms with Crippen molar-refractivity contribution in [2.24, 2.45) is 0 Å². The Morgan fingerprint density at radius 2 is 1.96 bits per heavy atom. The van der Waals surface area contributed by atoms with Crippen molar-refractivity contribution >= 4 is 15.7 Å². The monoisotopic (exact) mass is 335 g/mol. The number of imidazole rings is 1. The lowest BCUT2D eigenvalue weighted by Gasteiger charge is -2.09. The van der Waals surface area contributed by atoms with Crippen molar-refractivity contribution in [2.45, 2.75) is 0 Å². The number of methoxy groups -OCH3 is 1. The van der Waals surface area contributed by atoms with Gasteiger partial charge in [-0.05, 0) is 12.1 Å². The lowest BCUT2D eigenvalue weighted by Crippen LogP contribution is -2.09. The molecule has 0 atom stereocenters. The van der Waals surface area contributed by atoms with E-state index in [0.29, 0.717) is 34.3 Å². The molecule has 0 radical (unpaired) electrons. The Kier molecular flexibility index (Phi) is 3.52. The fourth-order valence-electron chi connectivity index (χ4n) is 2.10. The molecule has 0 unspecified atom stereocenters. The first-order valence-electron chi connectivity index (χ1n) is 6.47. The van der Waals surface area contributed by atoms with Crippen LogP contribution in [0.5, 0.6) is 5.75 Å². The molecule has 0 spiro atoms. The van der Waals surface area contributed by atoms with Crippen LogP contribution in [0.3, 0.4) is 0 Å². The van der Waals surface area contributed by atoms with Crippen LogP contribution < -0.4 is 15.0 Å². The second kappa shape index (κ2) is 5.39. The number of benzene rings is 1. The number of hydrogen-bond acceptors (Lipinski definition) is 6. The van der Waals surface area contributed by atoms with Crippen LogP contribution in [0.25, 0.3) is 22.9 Å². The van der Waals surface area contributed by atoms with Crippen molar-refractivity contribution < 1.29 is 13.2 Å². The minimum Gasteiger partial charge on any atom is -0.496 e. The van der Waals surface area contributed by atoms with Crippen LogP contribution in [0.15, 0.2) is 29.1 Å². The molecule has 23 heavy (non-hydrogen) atoms. The molecule has 1 aromatic rings. The number of ether oxygens (including phenoxy) is 1. The van der Waals surface area contributed by atoms with Crippen molar-refractivity contribution in [1.29, 1.82) is 0 Å². The quantitative estimate of drug-likeness (QED) is 0.641. The van der Waals surface area contributed by atoms with Crippen molar-refractivity contribution in [3.05, 3.63) is 34.6 Å². The largest absolute Gasteiger partial charge is 0.496 e. The van der Waals surface area contributed by atoms with Crippen LogP contribution in [0.1, 0.15) is 0 Å². The molecule has 0 amide bonds. The van der Waals surface area contributed by atoms with Crippen LogP contribution >= 0.6 is 0 Å². The molecule has 2 heterocycles. The van der Waals surface area contributed by atoms with E-state index in [-0.39, 0.29) is 5.56 Å². The molecule has 0 saturated carbocycles. The maximum atomic E-state index is 11.3. The van der Waals surface area contributed by atoms with Gasteiger partial charge in [-0.25, -0.2) is 18.4 Å². The fraction of sp³-hybridized carbons (Fsp3) is 0.154. The topological polar surface area (TPSA) is 130 Å². The van der Waals surface area contributed by atoms with E-state index in [1.165, 1.54) is 19.2 Å². The van der Waals surface area contributed by atoms with Gasteiger partial charge in [0, 0.05) is 12.1 Å². The third-order valence-electron chi connectivity index (χ3n) is 3.00. The number of hydrogen-bond donors (Lipinski definition) is 3. The van der Waals surface area contributed by atoms with Gasteiger partial charge >= 0.3 is 0 Å². The Hall–Kier alpha value is -2.88. The molecule has 0 fully saturated rings. The first-order chi connectivity index (χ1) is 10.9. The summed E-state index contributed by atoms with van der Waals surface area (Å²) in [4.78, 5) is 19.8. The number of aromatic amines is 2. The molecule has 0 saturated heterocycles. The molecule has 1 aromatic carbocycles. The normalized spacial score (nSPS) is 11.6. The maximum Gasteiger partial charge on any atom is 0.264 e. The maximum absolute atomic E-state index is 11.3. The summed E-state index contributed by atoms with van der Waals surface area (Å²) in [5, 5.41) is 5.06. The first kappa shape index (κ1) is 15.0. The van der Waals surface area contributed by atoms with E-state index in [9.17, 15) is 13.2 Å². The van der Waals surface area contributed by atoms with Gasteiger partial charge in [-0.1, -0.05) is 0 Å². The smallest absolute Gasteiger partial charge is 0.264 e. The number of fused-ring (bicyclic) bond motifs is 1. The summed E-state index contributed by atoms with van der Waals surface area (Å²) in [6.07, 6.45) is 1.06. The summed E-state index contributed by atoms with van der Waals surface area (Å²) < 4.78 is 30.2. The average molecular weight is 335 g/mol. The SMILES string of the molecule is COc1cc(NS(C)(=O)=O)ccc1-c1nc2cc(=O)[nH][nH]c-2n1. The molecule has 0 aliphatic carbocycles. The van der Waals surface area contributed by atoms with E-state index in [4.69, 9.17) is 4.74 Å². The van der Waals surface area contributed by atoms with Gasteiger partial charge in [-0.2, -0.15) is 0 Å². The molecule has 2 aliphatic heterocycles. The van der Waals surface area contributed by atoms with Crippen LogP contribution in [0.2, 0.25) is 0 Å². The second-order valence-corrected chi connectivity index (χ2v) is 6.58. The third kappa shape index (κ3) is 3.16. The van der Waals surface area contributed by atoms with Gasteiger partial charge in [-0.15, -0.1) is 0 Å². The van der Waals surface area contributed by atoms with Crippen molar-refractivity contribution in [3.63, 3.8) is 0 Å². The zero-order valence-electron chi connectivity index (χ0n) is 12.2. The molecule has 3 N–H and O–H groups in total. The zero-order valence-corrected chi connectivity index (χ0v) is 13.1. The molecule has 0 bridgehead atoms. The van der Waals surface area contributed by atoms with Crippen LogP contribution in [0.4, 0.5) is 5.69 Å². The Balaban J connectivity index is 2.08. The molecular formula is C13H13N5O4S. The van der Waals surface area contributed by atoms with E-state index in [1.807, 2.05) is 0 Å². The van der Waals surface area contributed by atoms with Gasteiger partial charge in [0.2, 0.25) is 10.0 Å². The molecule has 9 nitrogen and oxygen atoms in total. The highest BCUT2D eigenvalue weighted by Gasteiger charge is 2.17. The van der Waals surface area contributed by atoms with Crippen molar-refractivity contribution in [3.8, 4) is 28.7 Å². The van der Waals surface area contributed by atoms with E-state index in [2.05, 4.69) is 24.9 Å². The minimum atomic E-state index is -3.39. The number of nitrogens with one attached hydrogen (secondary N) is 3. The number of sulfonamides is 1. The standard InChI is InChI=1S/C13H13N5O4S/c1-22-10-5-7(18-23(2,20)21)3-4-8(10)12-14-9-6-11(19)16-17-13(9)15-12/h3-6,18H,1-2H3,(H,16,19)(H,14,15,17). The minimum absolute atomic E-state index is 0.316. The second-order valence-electron chi connectivity index (χ2n) is 4.83. The predicted octanol–water partition coefficient (Wildman–Crippen LogP) is 0.645. The van der Waals surface area contributed by atoms with E-state index in [0.717, 1.165) is 6.26 Å². The van der Waals surface area contributed by atoms with E-state index in [1.54, 1.807) is 12.1 Å². The van der Waals surface area contributed by atoms with Crippen molar-refractivity contribution in [1.82, 2.24) is 20.2 Å². The predicted molar refractivity (Wildman–Crippen MR) is 84.1 cm³/mol. The Morgan fingerprint density at radius 1 is 1.17 bits per heavy atom. The molecular weight excluding hydrogens is 322 g/mol. The highest BCUT2D eigenvalue weighted by molar-refractivity contribution is 7.92. The lowest BCUT2D eigenvalue weighted by molar-refractivity contribution is 0.416. The number of H-pyrrole nitrogens is 2. The Labute approximate surface area is 131 Å². The average Bonchev–Trinajstić information content (AvgIpc) is 2.88. The van der Waals surface area contributed by atoms with Gasteiger partial charge in [-0.3, -0.25) is 19.7 Å². The number of nitrogens with zero attached hydrogens (tertiary/aromatic N) is 2. The van der Waals surface area contributed by atoms with E-state index >= 15 is 0 Å². The summed E-state index contributed by atoms with van der Waals surface area (Å²) in [5.41, 5.74) is 1.04. The third-order valence-corrected chi connectivity index (χ3v) is 3.61. The van der Waals surface area contributed by atoms with Gasteiger partial charge in [0.05, 0.1) is 24.6 Å². The van der Waals surface area contributed by atoms with E-state index < -0.39 is 10.0 Å². The zero-order chi connectivity index (χ0) is 16.6. The highest BCUT2D eigenvalue weighted by Crippen LogP contribution is 2.32. The van der Waals surface area contributed by atoms with Crippen LogP contribution in [0, 0.1) is 0 Å². The summed E-state index contributed by atoms with van der Waals surface area (Å²) in [7, 11) is -1.93. The van der Waals surface area contributed by atoms with Crippen molar-refractivity contribution in [2.75, 3.05) is 18.1 Å². The van der Waals surface area contributed by atoms with Crippen LogP contribution in [-0.4, -0.2) is 41.9 Å². The fourth-order valence-corrected chi connectivity index (χ4v) is 2.66. The molecule has 3 rings (SSSR count). The molecule has 10 heteroatoms. The van der Waals surface area contributed by atoms with Gasteiger partial charge < -0.3 is 4.74 Å². The van der Waals surface area contributed by atoms with Crippen LogP contribution in [-0.2, 0) is 10.0 Å². The first-order valence-corrected chi connectivity index (χ1v) is 8.36.